The predicted molar refractivity (Wildman–Crippen MR) is 238 cm³/mol. The fourth-order valence-electron chi connectivity index (χ4n) is 8.27. The molecule has 2 saturated heterocycles. The number of benzene rings is 4. The van der Waals surface area contributed by atoms with Crippen LogP contribution in [0, 0.1) is 15.5 Å². The number of nitro groups is 1. The Hall–Kier alpha value is -5.52. The predicted octanol–water partition coefficient (Wildman–Crippen LogP) is 7.40. The smallest absolute Gasteiger partial charge is 0.295 e. The standard InChI is InChI=1S/C44H50ClN9O6S/c1-44(2)16-15-31(36(27-44)30-7-9-32(45)10-8-30)28-51-19-21-52(22-20-51)33-11-13-35(41(25-33)60-40-6-4-5-38-42(40)47-29-46-38)43(55)49-61(58,59)34-12-14-37(39(26-34)54(56)57)48-53-23-17-50(3)18-24-53/h4-14,25-26,29,48H,15-24,27-28H2,1-3H3,(H,46,47)(H,49,55). The zero-order valence-corrected chi connectivity index (χ0v) is 36.1. The Balaban J connectivity index is 1.02. The van der Waals surface area contributed by atoms with Crippen molar-refractivity contribution in [2.45, 2.75) is 38.0 Å². The summed E-state index contributed by atoms with van der Waals surface area (Å²) in [6, 6.07) is 22.1. The Labute approximate surface area is 360 Å². The number of hydrogen-bond donors (Lipinski definition) is 3. The Morgan fingerprint density at radius 1 is 0.951 bits per heavy atom. The first kappa shape index (κ1) is 42.2. The summed E-state index contributed by atoms with van der Waals surface area (Å²) in [5.41, 5.74) is 9.13. The summed E-state index contributed by atoms with van der Waals surface area (Å²) in [4.78, 5) is 39.3. The number of carbonyl (C=O) groups is 1. The van der Waals surface area contributed by atoms with Gasteiger partial charge in [0, 0.05) is 81.7 Å². The largest absolute Gasteiger partial charge is 0.454 e. The highest BCUT2D eigenvalue weighted by molar-refractivity contribution is 7.90. The molecule has 3 heterocycles. The van der Waals surface area contributed by atoms with Gasteiger partial charge in [-0.15, -0.1) is 0 Å². The van der Waals surface area contributed by atoms with E-state index in [1.807, 2.05) is 30.3 Å². The van der Waals surface area contributed by atoms with Gasteiger partial charge in [0.15, 0.2) is 5.75 Å². The number of para-hydroxylation sites is 1. The average Bonchev–Trinajstić information content (AvgIpc) is 3.73. The summed E-state index contributed by atoms with van der Waals surface area (Å²) in [6.07, 6.45) is 4.74. The molecule has 15 nitrogen and oxygen atoms in total. The number of amides is 1. The highest BCUT2D eigenvalue weighted by atomic mass is 35.5. The molecule has 320 valence electrons. The molecule has 0 bridgehead atoms. The number of aromatic amines is 1. The van der Waals surface area contributed by atoms with Gasteiger partial charge in [-0.2, -0.15) is 0 Å². The van der Waals surface area contributed by atoms with E-state index in [2.05, 4.69) is 60.8 Å². The number of piperazine rings is 2. The van der Waals surface area contributed by atoms with E-state index in [0.717, 1.165) is 87.4 Å². The number of nitrogens with zero attached hydrogens (tertiary/aromatic N) is 6. The molecular formula is C44H50ClN9O6S. The number of ether oxygens (including phenoxy) is 1. The van der Waals surface area contributed by atoms with Crippen LogP contribution >= 0.6 is 11.6 Å². The average molecular weight is 868 g/mol. The van der Waals surface area contributed by atoms with Gasteiger partial charge < -0.3 is 24.9 Å². The molecule has 0 saturated carbocycles. The molecule has 5 aromatic rings. The van der Waals surface area contributed by atoms with Gasteiger partial charge in [-0.1, -0.05) is 49.2 Å². The van der Waals surface area contributed by atoms with Crippen LogP contribution in [0.2, 0.25) is 5.02 Å². The zero-order chi connectivity index (χ0) is 42.9. The van der Waals surface area contributed by atoms with Crippen molar-refractivity contribution in [2.75, 3.05) is 76.3 Å². The molecule has 0 atom stereocenters. The zero-order valence-electron chi connectivity index (χ0n) is 34.5. The number of fused-ring (bicyclic) bond motifs is 1. The fraction of sp³-hybridized carbons (Fsp3) is 0.364. The van der Waals surface area contributed by atoms with Crippen LogP contribution in [0.3, 0.4) is 0 Å². The third-order valence-electron chi connectivity index (χ3n) is 11.9. The molecule has 0 spiro atoms. The lowest BCUT2D eigenvalue weighted by Gasteiger charge is -2.39. The van der Waals surface area contributed by atoms with Gasteiger partial charge in [-0.25, -0.2) is 23.1 Å². The Bertz CT molecular complexity index is 2580. The fourth-order valence-corrected chi connectivity index (χ4v) is 9.38. The van der Waals surface area contributed by atoms with Crippen LogP contribution in [0.15, 0.2) is 95.7 Å². The first-order chi connectivity index (χ1) is 29.2. The number of imidazole rings is 1. The Morgan fingerprint density at radius 3 is 2.44 bits per heavy atom. The maximum atomic E-state index is 14.0. The molecule has 2 fully saturated rings. The van der Waals surface area contributed by atoms with Crippen LogP contribution in [0.5, 0.6) is 11.5 Å². The molecule has 1 aromatic heterocycles. The quantitative estimate of drug-likeness (QED) is 0.0841. The summed E-state index contributed by atoms with van der Waals surface area (Å²) in [6.45, 7) is 11.4. The van der Waals surface area contributed by atoms with Gasteiger partial charge >= 0.3 is 0 Å². The van der Waals surface area contributed by atoms with Crippen molar-refractivity contribution in [3.63, 3.8) is 0 Å². The molecule has 61 heavy (non-hydrogen) atoms. The monoisotopic (exact) mass is 867 g/mol. The number of nitro benzene ring substituents is 1. The van der Waals surface area contributed by atoms with Gasteiger partial charge in [0.2, 0.25) is 0 Å². The van der Waals surface area contributed by atoms with Crippen molar-refractivity contribution in [1.29, 1.82) is 0 Å². The molecule has 1 amide bonds. The number of carbonyl (C=O) groups excluding carboxylic acids is 1. The molecule has 0 radical (unpaired) electrons. The minimum absolute atomic E-state index is 0.0387. The van der Waals surface area contributed by atoms with Crippen LogP contribution in [0.25, 0.3) is 16.6 Å². The van der Waals surface area contributed by atoms with Gasteiger partial charge in [-0.3, -0.25) is 19.8 Å². The van der Waals surface area contributed by atoms with E-state index < -0.39 is 31.4 Å². The molecule has 2 aliphatic heterocycles. The molecule has 17 heteroatoms. The van der Waals surface area contributed by atoms with E-state index in [-0.39, 0.29) is 22.4 Å². The first-order valence-corrected chi connectivity index (χ1v) is 22.3. The van der Waals surface area contributed by atoms with Crippen LogP contribution < -0.4 is 19.8 Å². The van der Waals surface area contributed by atoms with E-state index in [0.29, 0.717) is 24.4 Å². The third kappa shape index (κ3) is 9.68. The van der Waals surface area contributed by atoms with Crippen LogP contribution in [0.1, 0.15) is 49.0 Å². The van der Waals surface area contributed by atoms with Crippen molar-refractivity contribution >= 4 is 61.2 Å². The highest BCUT2D eigenvalue weighted by Crippen LogP contribution is 2.43. The molecule has 1 aliphatic carbocycles. The number of nitrogens with one attached hydrogen (secondary N) is 3. The number of hydrogen-bond acceptors (Lipinski definition) is 12. The Morgan fingerprint density at radius 2 is 1.70 bits per heavy atom. The Kier molecular flexibility index (Phi) is 12.1. The maximum absolute atomic E-state index is 14.0. The normalized spacial score (nSPS) is 18.0. The van der Waals surface area contributed by atoms with Crippen molar-refractivity contribution in [2.24, 2.45) is 5.41 Å². The second-order valence-corrected chi connectivity index (χ2v) is 18.9. The lowest BCUT2D eigenvalue weighted by atomic mass is 9.72. The van der Waals surface area contributed by atoms with E-state index in [1.54, 1.807) is 36.7 Å². The first-order valence-electron chi connectivity index (χ1n) is 20.5. The summed E-state index contributed by atoms with van der Waals surface area (Å²) in [5, 5.41) is 14.7. The maximum Gasteiger partial charge on any atom is 0.295 e. The molecule has 8 rings (SSSR count). The van der Waals surface area contributed by atoms with E-state index >= 15 is 0 Å². The van der Waals surface area contributed by atoms with Gasteiger partial charge in [0.05, 0.1) is 27.2 Å². The number of sulfonamides is 1. The minimum atomic E-state index is -4.57. The summed E-state index contributed by atoms with van der Waals surface area (Å²) >= 11 is 6.24. The number of anilines is 2. The summed E-state index contributed by atoms with van der Waals surface area (Å²) < 4.78 is 35.9. The van der Waals surface area contributed by atoms with Crippen LogP contribution in [-0.4, -0.2) is 110 Å². The summed E-state index contributed by atoms with van der Waals surface area (Å²) in [7, 11) is -2.57. The van der Waals surface area contributed by atoms with Crippen molar-refractivity contribution in [3.05, 3.63) is 117 Å². The van der Waals surface area contributed by atoms with Crippen LogP contribution in [-0.2, 0) is 10.0 Å². The van der Waals surface area contributed by atoms with E-state index in [9.17, 15) is 23.3 Å². The number of rotatable bonds is 12. The summed E-state index contributed by atoms with van der Waals surface area (Å²) in [5.74, 6) is -0.455. The number of H-pyrrole nitrogens is 1. The number of likely N-dealkylation sites (N-methyl/N-ethyl adjacent to an activating group) is 1. The minimum Gasteiger partial charge on any atom is -0.454 e. The second kappa shape index (κ2) is 17.5. The van der Waals surface area contributed by atoms with Gasteiger partial charge in [0.25, 0.3) is 21.6 Å². The molecule has 4 aromatic carbocycles. The SMILES string of the molecule is CN1CCN(Nc2ccc(S(=O)(=O)NC(=O)c3ccc(N4CCN(CC5=C(c6ccc(Cl)cc6)CC(C)(C)CC5)CC4)cc3Oc3cccc4[nH]cnc34)cc2[N+](=O)[O-])CC1. The van der Waals surface area contributed by atoms with Gasteiger partial charge in [0.1, 0.15) is 17.0 Å². The number of allylic oxidation sites excluding steroid dienone is 1. The number of hydrazine groups is 1. The number of halogens is 1. The molecule has 0 unspecified atom stereocenters. The van der Waals surface area contributed by atoms with Gasteiger partial charge in [-0.05, 0) is 91.4 Å². The third-order valence-corrected chi connectivity index (χ3v) is 13.4. The van der Waals surface area contributed by atoms with Crippen molar-refractivity contribution in [1.82, 2.24) is 29.5 Å². The molecule has 3 N–H and O–H groups in total. The van der Waals surface area contributed by atoms with Crippen molar-refractivity contribution < 1.29 is 22.9 Å². The second-order valence-electron chi connectivity index (χ2n) is 16.8. The topological polar surface area (TPSA) is 169 Å². The van der Waals surface area contributed by atoms with Crippen molar-refractivity contribution in [3.8, 4) is 11.5 Å². The lowest BCUT2D eigenvalue weighted by molar-refractivity contribution is -0.384. The van der Waals surface area contributed by atoms with E-state index in [4.69, 9.17) is 16.3 Å². The lowest BCUT2D eigenvalue weighted by Crippen LogP contribution is -2.47. The number of aromatic nitrogens is 2. The van der Waals surface area contributed by atoms with Crippen LogP contribution in [0.4, 0.5) is 17.1 Å². The molecular weight excluding hydrogens is 818 g/mol. The highest BCUT2D eigenvalue weighted by Gasteiger charge is 2.31. The van der Waals surface area contributed by atoms with E-state index in [1.165, 1.54) is 28.8 Å². The molecule has 3 aliphatic rings.